The van der Waals surface area contributed by atoms with Gasteiger partial charge in [-0.05, 0) is 48.9 Å². The quantitative estimate of drug-likeness (QED) is 0.864. The van der Waals surface area contributed by atoms with E-state index in [1.54, 1.807) is 0 Å². The molecule has 3 rings (SSSR count). The standard InChI is InChI=1S/C15H19BrN2O/c16-12-6-4-10(5-7-12)15(19)18-8-11-2-1-3-14(17)13(11)9-18/h4-7,11,13-14H,1-3,8-9,17H2. The number of rotatable bonds is 1. The summed E-state index contributed by atoms with van der Waals surface area (Å²) in [4.78, 5) is 14.5. The number of carbonyl (C=O) groups is 1. The Morgan fingerprint density at radius 1 is 1.21 bits per heavy atom. The lowest BCUT2D eigenvalue weighted by molar-refractivity contribution is 0.0783. The third-order valence-corrected chi connectivity index (χ3v) is 5.06. The molecule has 2 N–H and O–H groups in total. The molecule has 1 aromatic rings. The fourth-order valence-corrected chi connectivity index (χ4v) is 3.72. The Bertz CT molecular complexity index is 474. The van der Waals surface area contributed by atoms with Gasteiger partial charge >= 0.3 is 0 Å². The van der Waals surface area contributed by atoms with Crippen molar-refractivity contribution >= 4 is 21.8 Å². The Hall–Kier alpha value is -0.870. The highest BCUT2D eigenvalue weighted by Gasteiger charge is 2.40. The number of halogens is 1. The minimum Gasteiger partial charge on any atom is -0.338 e. The fourth-order valence-electron chi connectivity index (χ4n) is 3.46. The van der Waals surface area contributed by atoms with Gasteiger partial charge in [-0.2, -0.15) is 0 Å². The molecule has 1 heterocycles. The summed E-state index contributed by atoms with van der Waals surface area (Å²) in [5.41, 5.74) is 6.97. The second-order valence-electron chi connectivity index (χ2n) is 5.74. The molecule has 1 saturated carbocycles. The monoisotopic (exact) mass is 322 g/mol. The van der Waals surface area contributed by atoms with Crippen molar-refractivity contribution in [1.82, 2.24) is 4.90 Å². The lowest BCUT2D eigenvalue weighted by Gasteiger charge is -2.29. The van der Waals surface area contributed by atoms with Crippen molar-refractivity contribution in [3.8, 4) is 0 Å². The van der Waals surface area contributed by atoms with Crippen LogP contribution in [-0.4, -0.2) is 29.9 Å². The number of nitrogens with zero attached hydrogens (tertiary/aromatic N) is 1. The van der Waals surface area contributed by atoms with Gasteiger partial charge in [-0.1, -0.05) is 22.4 Å². The van der Waals surface area contributed by atoms with E-state index in [0.29, 0.717) is 11.8 Å². The first-order chi connectivity index (χ1) is 9.15. The maximum absolute atomic E-state index is 12.5. The summed E-state index contributed by atoms with van der Waals surface area (Å²) in [5, 5.41) is 0. The third kappa shape index (κ3) is 2.56. The van der Waals surface area contributed by atoms with Gasteiger partial charge in [0, 0.05) is 29.2 Å². The number of benzene rings is 1. The SMILES string of the molecule is NC1CCCC2CN(C(=O)c3ccc(Br)cc3)CC12. The number of nitrogens with two attached hydrogens (primary N) is 1. The Kier molecular flexibility index (Phi) is 3.63. The molecule has 3 nitrogen and oxygen atoms in total. The van der Waals surface area contributed by atoms with Gasteiger partial charge in [0.05, 0.1) is 0 Å². The number of hydrogen-bond donors (Lipinski definition) is 1. The first-order valence-electron chi connectivity index (χ1n) is 6.95. The van der Waals surface area contributed by atoms with Crippen molar-refractivity contribution in [2.24, 2.45) is 17.6 Å². The Morgan fingerprint density at radius 3 is 2.63 bits per heavy atom. The highest BCUT2D eigenvalue weighted by Crippen LogP contribution is 2.36. The van der Waals surface area contributed by atoms with Crippen LogP contribution >= 0.6 is 15.9 Å². The number of amides is 1. The molecule has 2 fully saturated rings. The molecule has 1 aromatic carbocycles. The lowest BCUT2D eigenvalue weighted by atomic mass is 9.78. The van der Waals surface area contributed by atoms with E-state index in [1.807, 2.05) is 29.2 Å². The molecule has 2 aliphatic rings. The van der Waals surface area contributed by atoms with Crippen LogP contribution in [0, 0.1) is 11.8 Å². The predicted molar refractivity (Wildman–Crippen MR) is 78.9 cm³/mol. The van der Waals surface area contributed by atoms with E-state index in [2.05, 4.69) is 15.9 Å². The molecule has 0 bridgehead atoms. The summed E-state index contributed by atoms with van der Waals surface area (Å²) in [5.74, 6) is 1.27. The smallest absolute Gasteiger partial charge is 0.253 e. The largest absolute Gasteiger partial charge is 0.338 e. The van der Waals surface area contributed by atoms with Gasteiger partial charge in [0.25, 0.3) is 5.91 Å². The van der Waals surface area contributed by atoms with E-state index in [0.717, 1.165) is 29.5 Å². The zero-order valence-electron chi connectivity index (χ0n) is 10.9. The van der Waals surface area contributed by atoms with Crippen LogP contribution in [0.4, 0.5) is 0 Å². The average Bonchev–Trinajstić information content (AvgIpc) is 2.84. The first kappa shape index (κ1) is 13.1. The number of hydrogen-bond acceptors (Lipinski definition) is 2. The first-order valence-corrected chi connectivity index (χ1v) is 7.75. The summed E-state index contributed by atoms with van der Waals surface area (Å²) < 4.78 is 1.00. The van der Waals surface area contributed by atoms with E-state index >= 15 is 0 Å². The minimum atomic E-state index is 0.147. The van der Waals surface area contributed by atoms with Gasteiger partial charge in [0.2, 0.25) is 0 Å². The van der Waals surface area contributed by atoms with Crippen molar-refractivity contribution in [2.75, 3.05) is 13.1 Å². The summed E-state index contributed by atoms with van der Waals surface area (Å²) in [7, 11) is 0. The zero-order chi connectivity index (χ0) is 13.4. The summed E-state index contributed by atoms with van der Waals surface area (Å²) in [6, 6.07) is 7.88. The number of likely N-dealkylation sites (tertiary alicyclic amines) is 1. The molecular formula is C15H19BrN2O. The topological polar surface area (TPSA) is 46.3 Å². The predicted octanol–water partition coefficient (Wildman–Crippen LogP) is 2.65. The van der Waals surface area contributed by atoms with Crippen LogP contribution in [0.1, 0.15) is 29.6 Å². The molecule has 0 radical (unpaired) electrons. The maximum Gasteiger partial charge on any atom is 0.253 e. The molecule has 4 heteroatoms. The number of carbonyl (C=O) groups excluding carboxylic acids is 1. The second-order valence-corrected chi connectivity index (χ2v) is 6.65. The molecule has 3 atom stereocenters. The summed E-state index contributed by atoms with van der Waals surface area (Å²) >= 11 is 3.39. The highest BCUT2D eigenvalue weighted by molar-refractivity contribution is 9.10. The van der Waals surface area contributed by atoms with E-state index in [1.165, 1.54) is 12.8 Å². The van der Waals surface area contributed by atoms with Crippen molar-refractivity contribution in [1.29, 1.82) is 0 Å². The minimum absolute atomic E-state index is 0.147. The van der Waals surface area contributed by atoms with Gasteiger partial charge in [-0.3, -0.25) is 4.79 Å². The summed E-state index contributed by atoms with van der Waals surface area (Å²) in [6.45, 7) is 1.72. The maximum atomic E-state index is 12.5. The molecule has 19 heavy (non-hydrogen) atoms. The Balaban J connectivity index is 1.73. The van der Waals surface area contributed by atoms with E-state index in [-0.39, 0.29) is 11.9 Å². The van der Waals surface area contributed by atoms with Gasteiger partial charge < -0.3 is 10.6 Å². The van der Waals surface area contributed by atoms with Crippen LogP contribution in [0.3, 0.4) is 0 Å². The van der Waals surface area contributed by atoms with Crippen LogP contribution in [0.15, 0.2) is 28.7 Å². The Morgan fingerprint density at radius 2 is 1.95 bits per heavy atom. The molecule has 1 amide bonds. The average molecular weight is 323 g/mol. The van der Waals surface area contributed by atoms with Crippen molar-refractivity contribution in [3.05, 3.63) is 34.3 Å². The molecule has 0 spiro atoms. The van der Waals surface area contributed by atoms with Crippen LogP contribution in [0.25, 0.3) is 0 Å². The zero-order valence-corrected chi connectivity index (χ0v) is 12.5. The molecule has 3 unspecified atom stereocenters. The van der Waals surface area contributed by atoms with Crippen LogP contribution in [0.5, 0.6) is 0 Å². The van der Waals surface area contributed by atoms with Gasteiger partial charge in [-0.15, -0.1) is 0 Å². The fraction of sp³-hybridized carbons (Fsp3) is 0.533. The van der Waals surface area contributed by atoms with Crippen LogP contribution in [-0.2, 0) is 0 Å². The Labute approximate surface area is 122 Å². The van der Waals surface area contributed by atoms with Gasteiger partial charge in [0.15, 0.2) is 0 Å². The van der Waals surface area contributed by atoms with E-state index in [9.17, 15) is 4.79 Å². The third-order valence-electron chi connectivity index (χ3n) is 4.53. The highest BCUT2D eigenvalue weighted by atomic mass is 79.9. The van der Waals surface area contributed by atoms with Crippen molar-refractivity contribution in [2.45, 2.75) is 25.3 Å². The lowest BCUT2D eigenvalue weighted by Crippen LogP contribution is -2.38. The molecule has 1 aliphatic carbocycles. The molecule has 102 valence electrons. The van der Waals surface area contributed by atoms with Crippen molar-refractivity contribution in [3.63, 3.8) is 0 Å². The molecule has 0 aromatic heterocycles. The van der Waals surface area contributed by atoms with E-state index in [4.69, 9.17) is 5.73 Å². The van der Waals surface area contributed by atoms with Crippen LogP contribution < -0.4 is 5.73 Å². The van der Waals surface area contributed by atoms with Crippen LogP contribution in [0.2, 0.25) is 0 Å². The molecular weight excluding hydrogens is 304 g/mol. The van der Waals surface area contributed by atoms with Gasteiger partial charge in [-0.25, -0.2) is 0 Å². The normalized spacial score (nSPS) is 30.2. The molecule has 1 aliphatic heterocycles. The van der Waals surface area contributed by atoms with Crippen molar-refractivity contribution < 1.29 is 4.79 Å². The van der Waals surface area contributed by atoms with E-state index < -0.39 is 0 Å². The van der Waals surface area contributed by atoms with Gasteiger partial charge in [0.1, 0.15) is 0 Å². The number of fused-ring (bicyclic) bond motifs is 1. The summed E-state index contributed by atoms with van der Waals surface area (Å²) in [6.07, 6.45) is 3.55. The molecule has 1 saturated heterocycles. The second kappa shape index (κ2) is 5.25.